The predicted molar refractivity (Wildman–Crippen MR) is 130 cm³/mol. The molecule has 1 saturated carbocycles. The number of aromatic nitrogens is 2. The molecule has 1 amide bonds. The first-order valence-electron chi connectivity index (χ1n) is 11.7. The Balaban J connectivity index is 1.54. The summed E-state index contributed by atoms with van der Waals surface area (Å²) in [4.78, 5) is 17.9. The summed E-state index contributed by atoms with van der Waals surface area (Å²) in [5.41, 5.74) is 2.23. The minimum absolute atomic E-state index is 0.0169. The summed E-state index contributed by atoms with van der Waals surface area (Å²) in [7, 11) is -2.02. The Morgan fingerprint density at radius 3 is 2.61 bits per heavy atom. The van der Waals surface area contributed by atoms with Crippen LogP contribution in [0.15, 0.2) is 53.4 Å². The normalized spacial score (nSPS) is 16.2. The van der Waals surface area contributed by atoms with Crippen LogP contribution in [0.1, 0.15) is 68.2 Å². The average molecular weight is 469 g/mol. The predicted octanol–water partition coefficient (Wildman–Crippen LogP) is 4.50. The number of aryl methyl sites for hydroxylation is 1. The number of nitrogens with zero attached hydrogens (tertiary/aromatic N) is 3. The summed E-state index contributed by atoms with van der Waals surface area (Å²) in [5, 5.41) is 2.99. The third-order valence-electron chi connectivity index (χ3n) is 6.60. The molecule has 1 N–H and O–H groups in total. The van der Waals surface area contributed by atoms with E-state index < -0.39 is 10.0 Å². The van der Waals surface area contributed by atoms with Crippen molar-refractivity contribution in [2.24, 2.45) is 0 Å². The van der Waals surface area contributed by atoms with Crippen molar-refractivity contribution in [1.29, 1.82) is 0 Å². The second-order valence-corrected chi connectivity index (χ2v) is 10.7. The Morgan fingerprint density at radius 1 is 1.15 bits per heavy atom. The van der Waals surface area contributed by atoms with Gasteiger partial charge in [0.1, 0.15) is 5.82 Å². The van der Waals surface area contributed by atoms with Crippen molar-refractivity contribution in [3.8, 4) is 0 Å². The number of sulfonamides is 1. The summed E-state index contributed by atoms with van der Waals surface area (Å²) in [6.07, 6.45) is 5.02. The van der Waals surface area contributed by atoms with E-state index in [0.29, 0.717) is 5.56 Å². The average Bonchev–Trinajstić information content (AvgIpc) is 3.23. The number of rotatable bonds is 7. The minimum atomic E-state index is -3.67. The summed E-state index contributed by atoms with van der Waals surface area (Å²) in [6.45, 7) is 4.67. The zero-order valence-electron chi connectivity index (χ0n) is 19.5. The number of carbonyl (C=O) groups excluding carboxylic acids is 1. The number of imidazole rings is 1. The quantitative estimate of drug-likeness (QED) is 0.553. The molecule has 0 saturated heterocycles. The Kier molecular flexibility index (Phi) is 6.86. The van der Waals surface area contributed by atoms with Crippen molar-refractivity contribution < 1.29 is 13.2 Å². The summed E-state index contributed by atoms with van der Waals surface area (Å²) >= 11 is 0. The van der Waals surface area contributed by atoms with Crippen LogP contribution in [0.25, 0.3) is 11.0 Å². The highest BCUT2D eigenvalue weighted by Gasteiger charge is 2.29. The van der Waals surface area contributed by atoms with Crippen LogP contribution < -0.4 is 5.32 Å². The van der Waals surface area contributed by atoms with Gasteiger partial charge in [0.05, 0.1) is 22.0 Å². The van der Waals surface area contributed by atoms with Crippen LogP contribution >= 0.6 is 0 Å². The van der Waals surface area contributed by atoms with Crippen molar-refractivity contribution in [1.82, 2.24) is 19.2 Å². The van der Waals surface area contributed by atoms with E-state index in [1.54, 1.807) is 25.2 Å². The standard InChI is InChI=1S/C25H32N4O3S/c1-4-29-23-16-9-8-15-22(23)27-24(29)18(2)26-25(30)19-11-10-14-21(17-19)33(31,32)28(3)20-12-6-5-7-13-20/h8-11,14-18,20H,4-7,12-13H2,1-3H3,(H,26,30). The largest absolute Gasteiger partial charge is 0.342 e. The van der Waals surface area contributed by atoms with E-state index in [4.69, 9.17) is 4.98 Å². The molecule has 176 valence electrons. The molecule has 0 spiro atoms. The van der Waals surface area contributed by atoms with Crippen LogP contribution in [0.2, 0.25) is 0 Å². The maximum Gasteiger partial charge on any atom is 0.251 e. The summed E-state index contributed by atoms with van der Waals surface area (Å²) in [6, 6.07) is 13.9. The lowest BCUT2D eigenvalue weighted by molar-refractivity contribution is 0.0937. The van der Waals surface area contributed by atoms with Gasteiger partial charge < -0.3 is 9.88 Å². The van der Waals surface area contributed by atoms with E-state index in [2.05, 4.69) is 9.88 Å². The Bertz CT molecular complexity index is 1250. The van der Waals surface area contributed by atoms with Crippen LogP contribution in [0, 0.1) is 0 Å². The molecule has 2 aromatic carbocycles. The lowest BCUT2D eigenvalue weighted by Gasteiger charge is -2.30. The molecule has 3 aromatic rings. The van der Waals surface area contributed by atoms with Gasteiger partial charge in [-0.3, -0.25) is 4.79 Å². The molecule has 1 aromatic heterocycles. The molecule has 33 heavy (non-hydrogen) atoms. The SMILES string of the molecule is CCn1c(C(C)NC(=O)c2cccc(S(=O)(=O)N(C)C3CCCCC3)c2)nc2ccccc21. The molecule has 1 unspecified atom stereocenters. The lowest BCUT2D eigenvalue weighted by Crippen LogP contribution is -2.38. The van der Waals surface area contributed by atoms with Gasteiger partial charge in [-0.1, -0.05) is 37.5 Å². The molecule has 1 aliphatic rings. The van der Waals surface area contributed by atoms with E-state index >= 15 is 0 Å². The number of para-hydroxylation sites is 2. The summed E-state index contributed by atoms with van der Waals surface area (Å²) in [5.74, 6) is 0.447. The summed E-state index contributed by atoms with van der Waals surface area (Å²) < 4.78 is 30.0. The first kappa shape index (κ1) is 23.4. The molecular weight excluding hydrogens is 436 g/mol. The maximum absolute atomic E-state index is 13.2. The number of hydrogen-bond donors (Lipinski definition) is 1. The monoisotopic (exact) mass is 468 g/mol. The minimum Gasteiger partial charge on any atom is -0.342 e. The lowest BCUT2D eigenvalue weighted by atomic mass is 9.96. The van der Waals surface area contributed by atoms with Crippen LogP contribution in [-0.4, -0.2) is 41.3 Å². The van der Waals surface area contributed by atoms with E-state index in [9.17, 15) is 13.2 Å². The molecule has 1 aliphatic carbocycles. The molecule has 0 radical (unpaired) electrons. The highest BCUT2D eigenvalue weighted by Crippen LogP contribution is 2.27. The van der Waals surface area contributed by atoms with Gasteiger partial charge in [-0.2, -0.15) is 4.31 Å². The van der Waals surface area contributed by atoms with Crippen molar-refractivity contribution in [3.63, 3.8) is 0 Å². The van der Waals surface area contributed by atoms with E-state index in [1.807, 2.05) is 38.1 Å². The van der Waals surface area contributed by atoms with E-state index in [1.165, 1.54) is 10.4 Å². The number of nitrogens with one attached hydrogen (secondary N) is 1. The highest BCUT2D eigenvalue weighted by atomic mass is 32.2. The van der Waals surface area contributed by atoms with Gasteiger partial charge in [-0.25, -0.2) is 13.4 Å². The van der Waals surface area contributed by atoms with Crippen LogP contribution in [0.5, 0.6) is 0 Å². The fraction of sp³-hybridized carbons (Fsp3) is 0.440. The highest BCUT2D eigenvalue weighted by molar-refractivity contribution is 7.89. The molecule has 0 aliphatic heterocycles. The van der Waals surface area contributed by atoms with Crippen molar-refractivity contribution >= 4 is 27.0 Å². The molecule has 1 atom stereocenters. The maximum atomic E-state index is 13.2. The van der Waals surface area contributed by atoms with Crippen LogP contribution in [-0.2, 0) is 16.6 Å². The number of benzene rings is 2. The molecule has 7 nitrogen and oxygen atoms in total. The van der Waals surface area contributed by atoms with E-state index in [-0.39, 0.29) is 22.9 Å². The third kappa shape index (κ3) is 4.68. The number of carbonyl (C=O) groups is 1. The van der Waals surface area contributed by atoms with Crippen LogP contribution in [0.3, 0.4) is 0 Å². The first-order valence-corrected chi connectivity index (χ1v) is 13.1. The van der Waals surface area contributed by atoms with Crippen molar-refractivity contribution in [2.45, 2.75) is 69.5 Å². The van der Waals surface area contributed by atoms with Crippen molar-refractivity contribution in [2.75, 3.05) is 7.05 Å². The Hall–Kier alpha value is -2.71. The van der Waals surface area contributed by atoms with Gasteiger partial charge in [0.15, 0.2) is 0 Å². The zero-order chi connectivity index (χ0) is 23.6. The fourth-order valence-electron chi connectivity index (χ4n) is 4.71. The fourth-order valence-corrected chi connectivity index (χ4v) is 6.17. The van der Waals surface area contributed by atoms with E-state index in [0.717, 1.165) is 55.5 Å². The molecule has 1 fully saturated rings. The first-order chi connectivity index (χ1) is 15.8. The van der Waals surface area contributed by atoms with Gasteiger partial charge in [0.2, 0.25) is 10.0 Å². The topological polar surface area (TPSA) is 84.3 Å². The van der Waals surface area contributed by atoms with Gasteiger partial charge in [0.25, 0.3) is 5.91 Å². The third-order valence-corrected chi connectivity index (χ3v) is 8.50. The number of amides is 1. The van der Waals surface area contributed by atoms with Gasteiger partial charge in [0, 0.05) is 25.2 Å². The van der Waals surface area contributed by atoms with Crippen molar-refractivity contribution in [3.05, 3.63) is 59.9 Å². The van der Waals surface area contributed by atoms with Gasteiger partial charge in [-0.05, 0) is 57.0 Å². The van der Waals surface area contributed by atoms with Gasteiger partial charge >= 0.3 is 0 Å². The molecule has 0 bridgehead atoms. The smallest absolute Gasteiger partial charge is 0.251 e. The van der Waals surface area contributed by atoms with Crippen LogP contribution in [0.4, 0.5) is 0 Å². The zero-order valence-corrected chi connectivity index (χ0v) is 20.3. The molecule has 4 rings (SSSR count). The molecule has 1 heterocycles. The Labute approximate surface area is 195 Å². The second-order valence-electron chi connectivity index (χ2n) is 8.74. The second kappa shape index (κ2) is 9.65. The van der Waals surface area contributed by atoms with Gasteiger partial charge in [-0.15, -0.1) is 0 Å². The Morgan fingerprint density at radius 2 is 1.88 bits per heavy atom. The number of hydrogen-bond acceptors (Lipinski definition) is 4. The molecular formula is C25H32N4O3S. The molecule has 8 heteroatoms. The number of fused-ring (bicyclic) bond motifs is 1.